The van der Waals surface area contributed by atoms with Crippen LogP contribution in [0.3, 0.4) is 0 Å². The van der Waals surface area contributed by atoms with Crippen LogP contribution in [0.1, 0.15) is 5.56 Å². The highest BCUT2D eigenvalue weighted by Gasteiger charge is 2.13. The monoisotopic (exact) mass is 272 g/mol. The molecule has 0 aromatic heterocycles. The van der Waals surface area contributed by atoms with E-state index in [-0.39, 0.29) is 6.61 Å². The van der Waals surface area contributed by atoms with E-state index < -0.39 is 6.09 Å². The molecule has 0 aliphatic carbocycles. The van der Waals surface area contributed by atoms with E-state index in [2.05, 4.69) is 0 Å². The Morgan fingerprint density at radius 2 is 1.75 bits per heavy atom. The van der Waals surface area contributed by atoms with Crippen molar-refractivity contribution in [2.24, 2.45) is 5.84 Å². The average molecular weight is 272 g/mol. The summed E-state index contributed by atoms with van der Waals surface area (Å²) in [5, 5.41) is 0.961. The molecular formula is C15H16N2O3. The van der Waals surface area contributed by atoms with Crippen molar-refractivity contribution in [2.75, 3.05) is 12.1 Å². The zero-order valence-corrected chi connectivity index (χ0v) is 11.2. The fraction of sp³-hybridized carbons (Fsp3) is 0.133. The smallest absolute Gasteiger partial charge is 0.429 e. The second-order valence-corrected chi connectivity index (χ2v) is 4.11. The molecule has 0 aliphatic rings. The molecule has 0 aliphatic heterocycles. The minimum atomic E-state index is -0.612. The number of amides is 1. The predicted octanol–water partition coefficient (Wildman–Crippen LogP) is 2.71. The summed E-state index contributed by atoms with van der Waals surface area (Å²) in [6, 6.07) is 16.2. The first kappa shape index (κ1) is 13.9. The molecule has 0 bridgehead atoms. The molecule has 0 spiro atoms. The number of hydrogen-bond acceptors (Lipinski definition) is 4. The number of benzene rings is 2. The highest BCUT2D eigenvalue weighted by Crippen LogP contribution is 2.17. The fourth-order valence-corrected chi connectivity index (χ4v) is 1.64. The quantitative estimate of drug-likeness (QED) is 0.528. The molecule has 2 aromatic rings. The van der Waals surface area contributed by atoms with E-state index in [9.17, 15) is 4.79 Å². The van der Waals surface area contributed by atoms with Crippen LogP contribution in [0.2, 0.25) is 0 Å². The van der Waals surface area contributed by atoms with E-state index >= 15 is 0 Å². The van der Waals surface area contributed by atoms with Crippen LogP contribution in [-0.4, -0.2) is 13.2 Å². The van der Waals surface area contributed by atoms with Gasteiger partial charge in [-0.1, -0.05) is 30.3 Å². The van der Waals surface area contributed by atoms with Gasteiger partial charge in [-0.3, -0.25) is 0 Å². The number of hydrogen-bond donors (Lipinski definition) is 1. The van der Waals surface area contributed by atoms with Crippen molar-refractivity contribution in [2.45, 2.75) is 6.61 Å². The van der Waals surface area contributed by atoms with E-state index in [0.29, 0.717) is 11.4 Å². The summed E-state index contributed by atoms with van der Waals surface area (Å²) in [4.78, 5) is 11.8. The van der Waals surface area contributed by atoms with Crippen LogP contribution in [0.25, 0.3) is 0 Å². The van der Waals surface area contributed by atoms with E-state index in [0.717, 1.165) is 10.6 Å². The van der Waals surface area contributed by atoms with Crippen molar-refractivity contribution < 1.29 is 14.3 Å². The van der Waals surface area contributed by atoms with Crippen LogP contribution in [-0.2, 0) is 11.3 Å². The molecule has 20 heavy (non-hydrogen) atoms. The highest BCUT2D eigenvalue weighted by molar-refractivity contribution is 5.86. The minimum absolute atomic E-state index is 0.184. The van der Waals surface area contributed by atoms with E-state index in [1.807, 2.05) is 30.3 Å². The molecule has 0 fully saturated rings. The number of hydrazine groups is 1. The molecule has 0 saturated heterocycles. The Morgan fingerprint density at radius 3 is 2.35 bits per heavy atom. The first-order valence-electron chi connectivity index (χ1n) is 6.10. The van der Waals surface area contributed by atoms with E-state index in [1.165, 1.54) is 0 Å². The second kappa shape index (κ2) is 6.58. The zero-order chi connectivity index (χ0) is 14.4. The van der Waals surface area contributed by atoms with Gasteiger partial charge in [0.2, 0.25) is 0 Å². The zero-order valence-electron chi connectivity index (χ0n) is 11.2. The van der Waals surface area contributed by atoms with Gasteiger partial charge in [-0.2, -0.15) is 0 Å². The van der Waals surface area contributed by atoms with Gasteiger partial charge in [0.1, 0.15) is 12.4 Å². The third kappa shape index (κ3) is 3.49. The number of nitrogens with zero attached hydrogens (tertiary/aromatic N) is 1. The van der Waals surface area contributed by atoms with Gasteiger partial charge >= 0.3 is 6.09 Å². The summed E-state index contributed by atoms with van der Waals surface area (Å²) in [5.74, 6) is 6.41. The predicted molar refractivity (Wildman–Crippen MR) is 76.3 cm³/mol. The lowest BCUT2D eigenvalue weighted by Crippen LogP contribution is -2.37. The Kier molecular flexibility index (Phi) is 4.57. The lowest BCUT2D eigenvalue weighted by atomic mass is 10.2. The summed E-state index contributed by atoms with van der Waals surface area (Å²) < 4.78 is 10.2. The molecule has 0 heterocycles. The van der Waals surface area contributed by atoms with Crippen LogP contribution in [0.4, 0.5) is 10.5 Å². The van der Waals surface area contributed by atoms with Crippen molar-refractivity contribution in [1.82, 2.24) is 0 Å². The van der Waals surface area contributed by atoms with Crippen LogP contribution in [0.5, 0.6) is 5.75 Å². The van der Waals surface area contributed by atoms with E-state index in [1.54, 1.807) is 31.4 Å². The van der Waals surface area contributed by atoms with Gasteiger partial charge in [-0.05, 0) is 29.8 Å². The van der Waals surface area contributed by atoms with Gasteiger partial charge in [-0.25, -0.2) is 15.6 Å². The summed E-state index contributed by atoms with van der Waals surface area (Å²) in [6.07, 6.45) is -0.612. The number of ether oxygens (including phenoxy) is 2. The van der Waals surface area contributed by atoms with Crippen LogP contribution >= 0.6 is 0 Å². The first-order valence-corrected chi connectivity index (χ1v) is 6.10. The lowest BCUT2D eigenvalue weighted by molar-refractivity contribution is 0.147. The van der Waals surface area contributed by atoms with Gasteiger partial charge in [0.15, 0.2) is 0 Å². The molecule has 5 heteroatoms. The van der Waals surface area contributed by atoms with Crippen LogP contribution < -0.4 is 15.6 Å². The van der Waals surface area contributed by atoms with Crippen molar-refractivity contribution in [3.8, 4) is 5.75 Å². The van der Waals surface area contributed by atoms with Gasteiger partial charge in [0.05, 0.1) is 12.8 Å². The molecular weight excluding hydrogens is 256 g/mol. The molecule has 0 atom stereocenters. The number of anilines is 1. The largest absolute Gasteiger partial charge is 0.497 e. The fourth-order valence-electron chi connectivity index (χ4n) is 1.64. The standard InChI is InChI=1S/C15H16N2O3/c1-19-14-9-7-13(8-10-14)17(16)15(18)20-11-12-5-3-2-4-6-12/h2-10H,11,16H2,1H3. The molecule has 2 aromatic carbocycles. The summed E-state index contributed by atoms with van der Waals surface area (Å²) in [7, 11) is 1.57. The molecule has 2 N–H and O–H groups in total. The number of carbonyl (C=O) groups is 1. The maximum absolute atomic E-state index is 11.8. The number of methoxy groups -OCH3 is 1. The molecule has 5 nitrogen and oxygen atoms in total. The first-order chi connectivity index (χ1) is 9.70. The number of rotatable bonds is 4. The third-order valence-corrected chi connectivity index (χ3v) is 2.75. The Hall–Kier alpha value is -2.53. The van der Waals surface area contributed by atoms with Gasteiger partial charge in [0, 0.05) is 0 Å². The van der Waals surface area contributed by atoms with Crippen molar-refractivity contribution >= 4 is 11.8 Å². The molecule has 1 amide bonds. The molecule has 0 radical (unpaired) electrons. The van der Waals surface area contributed by atoms with E-state index in [4.69, 9.17) is 15.3 Å². The molecule has 2 rings (SSSR count). The van der Waals surface area contributed by atoms with Gasteiger partial charge in [0.25, 0.3) is 0 Å². The molecule has 0 unspecified atom stereocenters. The summed E-state index contributed by atoms with van der Waals surface area (Å²) in [6.45, 7) is 0.184. The normalized spacial score (nSPS) is 9.90. The molecule has 104 valence electrons. The third-order valence-electron chi connectivity index (χ3n) is 2.75. The van der Waals surface area contributed by atoms with Gasteiger partial charge in [-0.15, -0.1) is 0 Å². The number of nitrogens with two attached hydrogens (primary N) is 1. The summed E-state index contributed by atoms with van der Waals surface area (Å²) in [5.41, 5.74) is 1.44. The maximum atomic E-state index is 11.8. The topological polar surface area (TPSA) is 64.8 Å². The van der Waals surface area contributed by atoms with Crippen LogP contribution in [0.15, 0.2) is 54.6 Å². The lowest BCUT2D eigenvalue weighted by Gasteiger charge is -2.16. The second-order valence-electron chi connectivity index (χ2n) is 4.11. The SMILES string of the molecule is COc1ccc(N(N)C(=O)OCc2ccccc2)cc1. The van der Waals surface area contributed by atoms with Crippen molar-refractivity contribution in [3.63, 3.8) is 0 Å². The average Bonchev–Trinajstić information content (AvgIpc) is 2.53. The Labute approximate surface area is 117 Å². The highest BCUT2D eigenvalue weighted by atomic mass is 16.6. The Morgan fingerprint density at radius 1 is 1.10 bits per heavy atom. The van der Waals surface area contributed by atoms with Crippen molar-refractivity contribution in [3.05, 3.63) is 60.2 Å². The molecule has 0 saturated carbocycles. The van der Waals surface area contributed by atoms with Gasteiger partial charge < -0.3 is 9.47 Å². The Balaban J connectivity index is 1.94. The summed E-state index contributed by atoms with van der Waals surface area (Å²) >= 11 is 0. The Bertz CT molecular complexity index is 555. The maximum Gasteiger partial charge on any atom is 0.429 e. The van der Waals surface area contributed by atoms with Crippen LogP contribution in [0, 0.1) is 0 Å². The number of carbonyl (C=O) groups excluding carboxylic acids is 1. The minimum Gasteiger partial charge on any atom is -0.497 e. The van der Waals surface area contributed by atoms with Crippen molar-refractivity contribution in [1.29, 1.82) is 0 Å².